The van der Waals surface area contributed by atoms with Gasteiger partial charge in [0, 0.05) is 26.3 Å². The van der Waals surface area contributed by atoms with Crippen molar-refractivity contribution in [1.82, 2.24) is 10.2 Å². The summed E-state index contributed by atoms with van der Waals surface area (Å²) in [6.45, 7) is 0. The molecule has 0 spiro atoms. The fraction of sp³-hybridized carbons (Fsp3) is 0.700. The first-order chi connectivity index (χ1) is 8.54. The fourth-order valence-electron chi connectivity index (χ4n) is 1.62. The number of nitrogens with two attached hydrogens (primary N) is 1. The van der Waals surface area contributed by atoms with Gasteiger partial charge < -0.3 is 15.8 Å². The van der Waals surface area contributed by atoms with Gasteiger partial charge in [-0.2, -0.15) is 0 Å². The molecule has 0 atom stereocenters. The van der Waals surface area contributed by atoms with E-state index < -0.39 is 0 Å². The van der Waals surface area contributed by atoms with Gasteiger partial charge in [0.15, 0.2) is 4.34 Å². The van der Waals surface area contributed by atoms with Gasteiger partial charge in [-0.15, -0.1) is 10.2 Å². The Bertz CT molecular complexity index is 441. The Balaban J connectivity index is 1.87. The Hall–Kier alpha value is -1.02. The third-order valence-corrected chi connectivity index (χ3v) is 5.50. The molecule has 6 nitrogen and oxygen atoms in total. The topological polar surface area (TPSA) is 87.6 Å². The van der Waals surface area contributed by atoms with Crippen LogP contribution in [0.4, 0.5) is 5.13 Å². The number of hydrogen-bond donors (Lipinski definition) is 2. The molecule has 0 unspecified atom stereocenters. The summed E-state index contributed by atoms with van der Waals surface area (Å²) in [7, 11) is 3.91. The monoisotopic (exact) mass is 287 g/mol. The van der Waals surface area contributed by atoms with E-state index in [1.165, 1.54) is 0 Å². The van der Waals surface area contributed by atoms with Crippen molar-refractivity contribution in [1.29, 1.82) is 0 Å². The number of aromatic nitrogens is 2. The summed E-state index contributed by atoms with van der Waals surface area (Å²) < 4.78 is 0.976. The number of nitrogens with zero attached hydrogens (tertiary/aromatic N) is 4. The van der Waals surface area contributed by atoms with E-state index in [2.05, 4.69) is 15.4 Å². The zero-order valence-corrected chi connectivity index (χ0v) is 12.1. The molecule has 1 fully saturated rings. The van der Waals surface area contributed by atoms with Gasteiger partial charge in [0.05, 0.1) is 0 Å². The standard InChI is InChI=1S/C10H17N5OS2/c1-15(2)8-12-13-9(18-8)17-6-10(3-4-10)5-7(11)14-16/h16H,3-6H2,1-2H3,(H2,11,14). The lowest BCUT2D eigenvalue weighted by Gasteiger charge is -2.11. The van der Waals surface area contributed by atoms with E-state index in [0.717, 1.165) is 28.1 Å². The second-order valence-electron chi connectivity index (χ2n) is 4.80. The van der Waals surface area contributed by atoms with Gasteiger partial charge >= 0.3 is 0 Å². The average molecular weight is 287 g/mol. The molecule has 8 heteroatoms. The molecular weight excluding hydrogens is 270 g/mol. The Morgan fingerprint density at radius 3 is 2.78 bits per heavy atom. The number of anilines is 1. The molecule has 3 N–H and O–H groups in total. The molecule has 0 saturated heterocycles. The minimum absolute atomic E-state index is 0.199. The van der Waals surface area contributed by atoms with E-state index in [0.29, 0.717) is 12.3 Å². The minimum atomic E-state index is 0.199. The van der Waals surface area contributed by atoms with Crippen LogP contribution < -0.4 is 10.6 Å². The molecule has 18 heavy (non-hydrogen) atoms. The Labute approximate surface area is 114 Å². The smallest absolute Gasteiger partial charge is 0.208 e. The third-order valence-electron chi connectivity index (χ3n) is 2.92. The van der Waals surface area contributed by atoms with Crippen molar-refractivity contribution in [3.63, 3.8) is 0 Å². The number of rotatable bonds is 6. The van der Waals surface area contributed by atoms with Crippen LogP contribution in [-0.4, -0.2) is 41.1 Å². The maximum absolute atomic E-state index is 8.61. The van der Waals surface area contributed by atoms with Crippen molar-refractivity contribution in [3.05, 3.63) is 0 Å². The SMILES string of the molecule is CN(C)c1nnc(SCC2(CC(N)=NO)CC2)s1. The summed E-state index contributed by atoms with van der Waals surface area (Å²) in [4.78, 5) is 1.95. The molecule has 0 radical (unpaired) electrons. The lowest BCUT2D eigenvalue weighted by molar-refractivity contribution is 0.315. The second-order valence-corrected chi connectivity index (χ2v) is 6.98. The largest absolute Gasteiger partial charge is 0.409 e. The summed E-state index contributed by atoms with van der Waals surface area (Å²) in [5.74, 6) is 1.27. The van der Waals surface area contributed by atoms with Crippen molar-refractivity contribution in [3.8, 4) is 0 Å². The highest BCUT2D eigenvalue weighted by atomic mass is 32.2. The van der Waals surface area contributed by atoms with Crippen LogP contribution in [0.15, 0.2) is 9.50 Å². The summed E-state index contributed by atoms with van der Waals surface area (Å²) in [6.07, 6.45) is 2.93. The quantitative estimate of drug-likeness (QED) is 0.272. The summed E-state index contributed by atoms with van der Waals surface area (Å²) in [6, 6.07) is 0. The number of thioether (sulfide) groups is 1. The highest BCUT2D eigenvalue weighted by Gasteiger charge is 2.43. The summed E-state index contributed by atoms with van der Waals surface area (Å²) in [5, 5.41) is 20.8. The predicted molar refractivity (Wildman–Crippen MR) is 74.7 cm³/mol. The van der Waals surface area contributed by atoms with Gasteiger partial charge in [-0.25, -0.2) is 0 Å². The van der Waals surface area contributed by atoms with Crippen molar-refractivity contribution in [2.75, 3.05) is 24.7 Å². The average Bonchev–Trinajstić information content (AvgIpc) is 2.92. The van der Waals surface area contributed by atoms with Gasteiger partial charge in [0.2, 0.25) is 5.13 Å². The third kappa shape index (κ3) is 3.26. The molecule has 1 aromatic heterocycles. The van der Waals surface area contributed by atoms with E-state index in [4.69, 9.17) is 10.9 Å². The van der Waals surface area contributed by atoms with Gasteiger partial charge in [0.25, 0.3) is 0 Å². The maximum atomic E-state index is 8.61. The van der Waals surface area contributed by atoms with E-state index in [1.807, 2.05) is 19.0 Å². The van der Waals surface area contributed by atoms with Gasteiger partial charge in [-0.3, -0.25) is 0 Å². The van der Waals surface area contributed by atoms with E-state index in [9.17, 15) is 0 Å². The van der Waals surface area contributed by atoms with Gasteiger partial charge in [-0.1, -0.05) is 28.3 Å². The lowest BCUT2D eigenvalue weighted by Crippen LogP contribution is -2.19. The van der Waals surface area contributed by atoms with Crippen LogP contribution in [0.1, 0.15) is 19.3 Å². The molecule has 0 amide bonds. The normalized spacial score (nSPS) is 17.8. The van der Waals surface area contributed by atoms with Crippen molar-refractivity contribution < 1.29 is 5.21 Å². The predicted octanol–water partition coefficient (Wildman–Crippen LogP) is 1.61. The molecule has 1 heterocycles. The molecule has 1 saturated carbocycles. The van der Waals surface area contributed by atoms with Crippen LogP contribution in [0.5, 0.6) is 0 Å². The van der Waals surface area contributed by atoms with Crippen LogP contribution in [-0.2, 0) is 0 Å². The first kappa shape index (κ1) is 13.4. The van der Waals surface area contributed by atoms with Crippen LogP contribution in [0.3, 0.4) is 0 Å². The van der Waals surface area contributed by atoms with Crippen molar-refractivity contribution in [2.45, 2.75) is 23.6 Å². The maximum Gasteiger partial charge on any atom is 0.208 e. The fourth-order valence-corrected chi connectivity index (χ4v) is 3.68. The number of amidine groups is 1. The van der Waals surface area contributed by atoms with Crippen molar-refractivity contribution in [2.24, 2.45) is 16.3 Å². The molecule has 0 aliphatic heterocycles. The summed E-state index contributed by atoms with van der Waals surface area (Å²) >= 11 is 3.30. The molecule has 1 aliphatic carbocycles. The van der Waals surface area contributed by atoms with Gasteiger partial charge in [0.1, 0.15) is 5.84 Å². The van der Waals surface area contributed by atoms with Crippen LogP contribution in [0, 0.1) is 5.41 Å². The molecule has 1 aliphatic rings. The summed E-state index contributed by atoms with van der Waals surface area (Å²) in [5.41, 5.74) is 5.77. The number of hydrogen-bond acceptors (Lipinski definition) is 7. The molecule has 0 aromatic carbocycles. The molecule has 2 rings (SSSR count). The van der Waals surface area contributed by atoms with E-state index in [1.54, 1.807) is 23.1 Å². The van der Waals surface area contributed by atoms with Crippen LogP contribution in [0.25, 0.3) is 0 Å². The van der Waals surface area contributed by atoms with E-state index >= 15 is 0 Å². The molecular formula is C10H17N5OS2. The minimum Gasteiger partial charge on any atom is -0.409 e. The van der Waals surface area contributed by atoms with Gasteiger partial charge in [-0.05, 0) is 18.3 Å². The first-order valence-electron chi connectivity index (χ1n) is 5.65. The lowest BCUT2D eigenvalue weighted by atomic mass is 10.1. The van der Waals surface area contributed by atoms with Crippen LogP contribution >= 0.6 is 23.1 Å². The molecule has 100 valence electrons. The highest BCUT2D eigenvalue weighted by molar-refractivity contribution is 8.01. The zero-order chi connectivity index (χ0) is 13.2. The van der Waals surface area contributed by atoms with Crippen molar-refractivity contribution >= 4 is 34.1 Å². The first-order valence-corrected chi connectivity index (χ1v) is 7.45. The molecule has 0 bridgehead atoms. The highest BCUT2D eigenvalue weighted by Crippen LogP contribution is 2.52. The number of oxime groups is 1. The van der Waals surface area contributed by atoms with E-state index in [-0.39, 0.29) is 5.41 Å². The second kappa shape index (κ2) is 5.31. The molecule has 1 aromatic rings. The Morgan fingerprint density at radius 2 is 2.28 bits per heavy atom. The Morgan fingerprint density at radius 1 is 1.56 bits per heavy atom. The Kier molecular flexibility index (Phi) is 3.96. The zero-order valence-electron chi connectivity index (χ0n) is 10.5. The van der Waals surface area contributed by atoms with Crippen LogP contribution in [0.2, 0.25) is 0 Å².